The zero-order valence-corrected chi connectivity index (χ0v) is 9.11. The highest BCUT2D eigenvalue weighted by Crippen LogP contribution is 2.34. The normalized spacial score (nSPS) is 25.4. The van der Waals surface area contributed by atoms with Crippen LogP contribution in [0.4, 0.5) is 0 Å². The van der Waals surface area contributed by atoms with Crippen molar-refractivity contribution in [1.29, 1.82) is 0 Å². The molecule has 0 radical (unpaired) electrons. The van der Waals surface area contributed by atoms with Gasteiger partial charge in [0.2, 0.25) is 0 Å². The molecule has 1 aliphatic carbocycles. The van der Waals surface area contributed by atoms with Crippen LogP contribution in [0.3, 0.4) is 0 Å². The molecule has 2 unspecified atom stereocenters. The molecule has 1 N–H and O–H groups in total. The van der Waals surface area contributed by atoms with E-state index in [9.17, 15) is 5.11 Å². The second-order valence-electron chi connectivity index (χ2n) is 3.52. The predicted octanol–water partition coefficient (Wildman–Crippen LogP) is 3.34. The van der Waals surface area contributed by atoms with Crippen LogP contribution in [0.15, 0.2) is 30.3 Å². The lowest BCUT2D eigenvalue weighted by Gasteiger charge is -2.13. The van der Waals surface area contributed by atoms with E-state index in [0.717, 1.165) is 12.8 Å². The van der Waals surface area contributed by atoms with Gasteiger partial charge in [-0.25, -0.2) is 0 Å². The number of hydrogen-bond donors (Lipinski definition) is 1. The van der Waals surface area contributed by atoms with E-state index in [1.54, 1.807) is 0 Å². The Morgan fingerprint density at radius 3 is 2.21 bits per heavy atom. The number of aliphatic hydroxyl groups is 1. The highest BCUT2D eigenvalue weighted by atomic mass is 16.3. The van der Waals surface area contributed by atoms with Gasteiger partial charge in [0, 0.05) is 5.92 Å². The van der Waals surface area contributed by atoms with Gasteiger partial charge in [-0.3, -0.25) is 0 Å². The van der Waals surface area contributed by atoms with E-state index in [4.69, 9.17) is 0 Å². The van der Waals surface area contributed by atoms with Crippen LogP contribution in [0.1, 0.15) is 44.6 Å². The Morgan fingerprint density at radius 2 is 1.71 bits per heavy atom. The summed E-state index contributed by atoms with van der Waals surface area (Å²) in [6.07, 6.45) is 3.18. The van der Waals surface area contributed by atoms with Gasteiger partial charge in [0.15, 0.2) is 0 Å². The SMILES string of the molecule is CC.OC1CCCC1c1ccccc1. The zero-order chi connectivity index (χ0) is 10.4. The Balaban J connectivity index is 0.000000461. The van der Waals surface area contributed by atoms with E-state index in [1.807, 2.05) is 32.0 Å². The second kappa shape index (κ2) is 5.82. The Kier molecular flexibility index (Phi) is 4.68. The first-order valence-electron chi connectivity index (χ1n) is 5.61. The lowest BCUT2D eigenvalue weighted by molar-refractivity contribution is 0.164. The van der Waals surface area contributed by atoms with Crippen molar-refractivity contribution in [3.8, 4) is 0 Å². The first kappa shape index (κ1) is 11.3. The molecule has 1 saturated carbocycles. The van der Waals surface area contributed by atoms with Crippen molar-refractivity contribution in [2.75, 3.05) is 0 Å². The summed E-state index contributed by atoms with van der Waals surface area (Å²) in [5.41, 5.74) is 1.29. The summed E-state index contributed by atoms with van der Waals surface area (Å²) in [4.78, 5) is 0. The summed E-state index contributed by atoms with van der Waals surface area (Å²) in [6.45, 7) is 4.00. The van der Waals surface area contributed by atoms with Crippen molar-refractivity contribution in [2.45, 2.75) is 45.1 Å². The lowest BCUT2D eigenvalue weighted by Crippen LogP contribution is -2.10. The Bertz CT molecular complexity index is 243. The van der Waals surface area contributed by atoms with E-state index < -0.39 is 0 Å². The number of hydrogen-bond acceptors (Lipinski definition) is 1. The minimum atomic E-state index is -0.104. The molecule has 78 valence electrons. The van der Waals surface area contributed by atoms with Gasteiger partial charge in [0.25, 0.3) is 0 Å². The smallest absolute Gasteiger partial charge is 0.0608 e. The van der Waals surface area contributed by atoms with Crippen LogP contribution in [0.5, 0.6) is 0 Å². The fraction of sp³-hybridized carbons (Fsp3) is 0.538. The van der Waals surface area contributed by atoms with Crippen LogP contribution in [0.25, 0.3) is 0 Å². The largest absolute Gasteiger partial charge is 0.392 e. The minimum absolute atomic E-state index is 0.104. The quantitative estimate of drug-likeness (QED) is 0.723. The van der Waals surface area contributed by atoms with Crippen molar-refractivity contribution < 1.29 is 5.11 Å². The molecule has 0 aromatic heterocycles. The average Bonchev–Trinajstić information content (AvgIpc) is 2.69. The van der Waals surface area contributed by atoms with Gasteiger partial charge in [-0.05, 0) is 18.4 Å². The fourth-order valence-corrected chi connectivity index (χ4v) is 2.03. The molecule has 1 aliphatic rings. The Labute approximate surface area is 86.8 Å². The highest BCUT2D eigenvalue weighted by Gasteiger charge is 2.25. The summed E-state index contributed by atoms with van der Waals surface area (Å²) < 4.78 is 0. The van der Waals surface area contributed by atoms with Crippen LogP contribution in [0, 0.1) is 0 Å². The third-order valence-corrected chi connectivity index (χ3v) is 2.71. The molecule has 2 atom stereocenters. The van der Waals surface area contributed by atoms with Crippen molar-refractivity contribution in [2.24, 2.45) is 0 Å². The van der Waals surface area contributed by atoms with E-state index >= 15 is 0 Å². The summed E-state index contributed by atoms with van der Waals surface area (Å²) in [5.74, 6) is 0.395. The molecule has 1 heteroatoms. The van der Waals surface area contributed by atoms with Crippen molar-refractivity contribution in [1.82, 2.24) is 0 Å². The zero-order valence-electron chi connectivity index (χ0n) is 9.11. The van der Waals surface area contributed by atoms with E-state index in [0.29, 0.717) is 5.92 Å². The molecular weight excluding hydrogens is 172 g/mol. The summed E-state index contributed by atoms with van der Waals surface area (Å²) in [6, 6.07) is 10.3. The molecule has 1 aromatic rings. The van der Waals surface area contributed by atoms with Gasteiger partial charge in [-0.2, -0.15) is 0 Å². The molecule has 1 aromatic carbocycles. The van der Waals surface area contributed by atoms with Gasteiger partial charge in [-0.15, -0.1) is 0 Å². The third-order valence-electron chi connectivity index (χ3n) is 2.71. The molecule has 14 heavy (non-hydrogen) atoms. The molecular formula is C13H20O. The highest BCUT2D eigenvalue weighted by molar-refractivity contribution is 5.21. The van der Waals surface area contributed by atoms with Gasteiger partial charge in [0.05, 0.1) is 6.10 Å². The van der Waals surface area contributed by atoms with E-state index in [2.05, 4.69) is 12.1 Å². The van der Waals surface area contributed by atoms with Gasteiger partial charge >= 0.3 is 0 Å². The van der Waals surface area contributed by atoms with E-state index in [-0.39, 0.29) is 6.10 Å². The monoisotopic (exact) mass is 192 g/mol. The molecule has 0 aliphatic heterocycles. The van der Waals surface area contributed by atoms with E-state index in [1.165, 1.54) is 12.0 Å². The molecule has 1 fully saturated rings. The standard InChI is InChI=1S/C11H14O.C2H6/c12-11-8-4-7-10(11)9-5-2-1-3-6-9;1-2/h1-3,5-6,10-12H,4,7-8H2;1-2H3. The van der Waals surface area contributed by atoms with Crippen molar-refractivity contribution in [3.63, 3.8) is 0 Å². The lowest BCUT2D eigenvalue weighted by atomic mass is 9.96. The fourth-order valence-electron chi connectivity index (χ4n) is 2.03. The van der Waals surface area contributed by atoms with Crippen LogP contribution in [-0.2, 0) is 0 Å². The van der Waals surface area contributed by atoms with Crippen molar-refractivity contribution >= 4 is 0 Å². The first-order valence-corrected chi connectivity index (χ1v) is 5.61. The number of rotatable bonds is 1. The van der Waals surface area contributed by atoms with Crippen molar-refractivity contribution in [3.05, 3.63) is 35.9 Å². The van der Waals surface area contributed by atoms with Crippen LogP contribution in [0.2, 0.25) is 0 Å². The summed E-state index contributed by atoms with van der Waals surface area (Å²) >= 11 is 0. The second-order valence-corrected chi connectivity index (χ2v) is 3.52. The van der Waals surface area contributed by atoms with Crippen LogP contribution in [-0.4, -0.2) is 11.2 Å². The first-order chi connectivity index (χ1) is 6.88. The van der Waals surface area contributed by atoms with Gasteiger partial charge < -0.3 is 5.11 Å². The van der Waals surface area contributed by atoms with Gasteiger partial charge in [0.1, 0.15) is 0 Å². The molecule has 0 amide bonds. The Morgan fingerprint density at radius 1 is 1.07 bits per heavy atom. The molecule has 2 rings (SSSR count). The predicted molar refractivity (Wildman–Crippen MR) is 60.4 cm³/mol. The number of aliphatic hydroxyl groups excluding tert-OH is 1. The molecule has 0 bridgehead atoms. The summed E-state index contributed by atoms with van der Waals surface area (Å²) in [5, 5.41) is 9.64. The molecule has 1 nitrogen and oxygen atoms in total. The van der Waals surface area contributed by atoms with Crippen LogP contribution >= 0.6 is 0 Å². The maximum atomic E-state index is 9.64. The molecule has 0 heterocycles. The molecule has 0 saturated heterocycles. The Hall–Kier alpha value is -0.820. The maximum Gasteiger partial charge on any atom is 0.0608 e. The third kappa shape index (κ3) is 2.58. The minimum Gasteiger partial charge on any atom is -0.392 e. The average molecular weight is 192 g/mol. The summed E-state index contributed by atoms with van der Waals surface area (Å²) in [7, 11) is 0. The number of benzene rings is 1. The maximum absolute atomic E-state index is 9.64. The van der Waals surface area contributed by atoms with Crippen LogP contribution < -0.4 is 0 Å². The molecule has 0 spiro atoms. The topological polar surface area (TPSA) is 20.2 Å². The van der Waals surface area contributed by atoms with Gasteiger partial charge in [-0.1, -0.05) is 50.6 Å².